The molecule has 0 heterocycles. The minimum absolute atomic E-state index is 0.273. The maximum Gasteiger partial charge on any atom is 0.193 e. The monoisotopic (exact) mass is 345 g/mol. The minimum Gasteiger partial charge on any atom is -0.405 e. The van der Waals surface area contributed by atoms with Crippen molar-refractivity contribution >= 4 is 25.9 Å². The van der Waals surface area contributed by atoms with E-state index in [0.29, 0.717) is 0 Å². The lowest BCUT2D eigenvalue weighted by Gasteiger charge is -2.39. The van der Waals surface area contributed by atoms with Gasteiger partial charge in [-0.2, -0.15) is 0 Å². The van der Waals surface area contributed by atoms with E-state index in [1.54, 1.807) is 0 Å². The largest absolute Gasteiger partial charge is 0.405 e. The van der Waals surface area contributed by atoms with E-state index in [-0.39, 0.29) is 20.4 Å². The Morgan fingerprint density at radius 1 is 1.14 bits per heavy atom. The Kier molecular flexibility index (Phi) is 8.95. The molecule has 0 aromatic heterocycles. The lowest BCUT2D eigenvalue weighted by atomic mass is 10.2. The predicted molar refractivity (Wildman–Crippen MR) is 106 cm³/mol. The van der Waals surface area contributed by atoms with Crippen molar-refractivity contribution in [2.45, 2.75) is 83.3 Å². The van der Waals surface area contributed by atoms with E-state index >= 15 is 0 Å². The average molecular weight is 346 g/mol. The molecule has 1 unspecified atom stereocenters. The first-order valence-corrected chi connectivity index (χ1v) is 16.7. The van der Waals surface area contributed by atoms with Gasteiger partial charge in [-0.05, 0) is 31.1 Å². The Morgan fingerprint density at radius 3 is 2.14 bits per heavy atom. The van der Waals surface area contributed by atoms with Crippen molar-refractivity contribution in [2.24, 2.45) is 0 Å². The first kappa shape index (κ1) is 21.3. The summed E-state index contributed by atoms with van der Waals surface area (Å²) < 4.78 is 6.52. The average Bonchev–Trinajstić information content (AvgIpc) is 2.25. The fraction of sp³-hybridized carbons (Fsp3) is 0.875. The van der Waals surface area contributed by atoms with Gasteiger partial charge in [-0.15, -0.1) is 12.3 Å². The lowest BCUT2D eigenvalue weighted by Crippen LogP contribution is -2.50. The number of rotatable bonds is 10. The summed E-state index contributed by atoms with van der Waals surface area (Å²) in [4.78, 5) is 0. The summed E-state index contributed by atoms with van der Waals surface area (Å²) >= 11 is 0. The highest BCUT2D eigenvalue weighted by Gasteiger charge is 2.38. The molecule has 1 N–H and O–H groups in total. The highest BCUT2D eigenvalue weighted by atomic mass is 28.4. The number of hydrogen-bond donors (Lipinski definition) is 1. The van der Waals surface area contributed by atoms with Gasteiger partial charge in [0.05, 0.1) is 15.4 Å². The summed E-state index contributed by atoms with van der Waals surface area (Å²) in [5.41, 5.74) is 2.10. The summed E-state index contributed by atoms with van der Waals surface area (Å²) in [5, 5.41) is 3.93. The molecule has 126 valence electrons. The Balaban J connectivity index is 4.23. The molecule has 0 bridgehead atoms. The third-order valence-corrected chi connectivity index (χ3v) is 12.2. The van der Waals surface area contributed by atoms with Crippen LogP contribution in [-0.2, 0) is 4.43 Å². The van der Waals surface area contributed by atoms with Crippen molar-refractivity contribution in [3.8, 4) is 0 Å². The maximum atomic E-state index is 6.52. The second-order valence-electron chi connectivity index (χ2n) is 8.86. The molecule has 0 aliphatic heterocycles. The normalized spacial score (nSPS) is 15.6. The van der Waals surface area contributed by atoms with E-state index in [2.05, 4.69) is 71.1 Å². The van der Waals surface area contributed by atoms with Crippen molar-refractivity contribution in [3.63, 3.8) is 0 Å². The third kappa shape index (κ3) is 9.84. The van der Waals surface area contributed by atoms with Gasteiger partial charge in [0.2, 0.25) is 0 Å². The van der Waals surface area contributed by atoms with E-state index in [1.807, 2.05) is 0 Å². The lowest BCUT2D eigenvalue weighted by molar-refractivity contribution is 0.216. The summed E-state index contributed by atoms with van der Waals surface area (Å²) in [6.45, 7) is 24.0. The van der Waals surface area contributed by atoms with Crippen molar-refractivity contribution < 1.29 is 4.43 Å². The summed E-state index contributed by atoms with van der Waals surface area (Å²) in [6, 6.07) is 1.43. The first-order chi connectivity index (χ1) is 9.39. The van der Waals surface area contributed by atoms with Crippen molar-refractivity contribution in [2.75, 3.05) is 6.54 Å². The molecule has 0 saturated heterocycles. The van der Waals surface area contributed by atoms with Gasteiger partial charge in [-0.3, -0.25) is 5.32 Å². The Bertz CT molecular complexity index is 306. The molecule has 0 saturated carbocycles. The SMILES string of the molecule is C=C[SiH2]C(NCCCC[Si](C)(C)C)O[Si](C)(C)C(C)(C)C. The van der Waals surface area contributed by atoms with Gasteiger partial charge in [-0.1, -0.05) is 52.9 Å². The highest BCUT2D eigenvalue weighted by Crippen LogP contribution is 2.37. The Morgan fingerprint density at radius 2 is 1.71 bits per heavy atom. The van der Waals surface area contributed by atoms with Gasteiger partial charge < -0.3 is 4.43 Å². The molecule has 0 aromatic rings. The number of nitrogens with one attached hydrogen (secondary N) is 1. The zero-order chi connectivity index (χ0) is 16.7. The van der Waals surface area contributed by atoms with Crippen LogP contribution in [0.15, 0.2) is 12.3 Å². The van der Waals surface area contributed by atoms with Crippen molar-refractivity contribution in [3.05, 3.63) is 12.3 Å². The molecular formula is C16H39NOSi3. The zero-order valence-corrected chi connectivity index (χ0v) is 19.2. The molecule has 0 aliphatic carbocycles. The van der Waals surface area contributed by atoms with Gasteiger partial charge in [0.25, 0.3) is 0 Å². The molecule has 0 aromatic carbocycles. The molecule has 5 heteroatoms. The van der Waals surface area contributed by atoms with E-state index in [4.69, 9.17) is 4.43 Å². The van der Waals surface area contributed by atoms with Gasteiger partial charge in [-0.25, -0.2) is 0 Å². The van der Waals surface area contributed by atoms with Crippen LogP contribution < -0.4 is 5.32 Å². The Labute approximate surface area is 138 Å². The van der Waals surface area contributed by atoms with Crippen LogP contribution >= 0.6 is 0 Å². The van der Waals surface area contributed by atoms with Crippen LogP contribution in [0.3, 0.4) is 0 Å². The van der Waals surface area contributed by atoms with Crippen LogP contribution in [0.4, 0.5) is 0 Å². The Hall–Kier alpha value is 0.311. The second-order valence-corrected chi connectivity index (χ2v) is 21.0. The van der Waals surface area contributed by atoms with Gasteiger partial charge in [0.15, 0.2) is 8.32 Å². The summed E-state index contributed by atoms with van der Waals surface area (Å²) in [7, 11) is -2.93. The topological polar surface area (TPSA) is 21.3 Å². The van der Waals surface area contributed by atoms with E-state index in [1.165, 1.54) is 18.9 Å². The molecule has 2 nitrogen and oxygen atoms in total. The first-order valence-electron chi connectivity index (χ1n) is 8.41. The smallest absolute Gasteiger partial charge is 0.193 e. The molecular weight excluding hydrogens is 306 g/mol. The van der Waals surface area contributed by atoms with Crippen molar-refractivity contribution in [1.82, 2.24) is 5.32 Å². The van der Waals surface area contributed by atoms with Gasteiger partial charge >= 0.3 is 0 Å². The summed E-state index contributed by atoms with van der Waals surface area (Å²) in [5.74, 6) is 0.273. The maximum absolute atomic E-state index is 6.52. The molecule has 0 aliphatic rings. The zero-order valence-electron chi connectivity index (χ0n) is 15.8. The molecule has 0 fully saturated rings. The third-order valence-electron chi connectivity index (χ3n) is 4.35. The van der Waals surface area contributed by atoms with E-state index in [0.717, 1.165) is 6.54 Å². The molecule has 0 spiro atoms. The molecule has 0 rings (SSSR count). The van der Waals surface area contributed by atoms with E-state index in [9.17, 15) is 0 Å². The van der Waals surface area contributed by atoms with Crippen LogP contribution in [0, 0.1) is 0 Å². The fourth-order valence-corrected chi connectivity index (χ4v) is 6.67. The highest BCUT2D eigenvalue weighted by molar-refractivity contribution is 6.76. The van der Waals surface area contributed by atoms with Crippen LogP contribution in [0.25, 0.3) is 0 Å². The van der Waals surface area contributed by atoms with Crippen molar-refractivity contribution in [1.29, 1.82) is 0 Å². The summed E-state index contributed by atoms with van der Waals surface area (Å²) in [6.07, 6.45) is 2.62. The predicted octanol–water partition coefficient (Wildman–Crippen LogP) is 4.31. The number of hydrogen-bond acceptors (Lipinski definition) is 2. The van der Waals surface area contributed by atoms with Crippen LogP contribution in [0.5, 0.6) is 0 Å². The molecule has 0 amide bonds. The van der Waals surface area contributed by atoms with Gasteiger partial charge in [0, 0.05) is 8.07 Å². The van der Waals surface area contributed by atoms with Crippen LogP contribution in [0.1, 0.15) is 33.6 Å². The molecule has 0 radical (unpaired) electrons. The number of unbranched alkanes of at least 4 members (excludes halogenated alkanes) is 1. The standard InChI is InChI=1S/C16H39NOSi3/c1-10-19-15(18-21(8,9)16(2,3)4)17-13-11-12-14-20(5,6)7/h10,15,17H,1,11-14,19H2,2-9H3. The van der Waals surface area contributed by atoms with Crippen LogP contribution in [-0.4, -0.2) is 38.3 Å². The van der Waals surface area contributed by atoms with Crippen LogP contribution in [0.2, 0.25) is 43.8 Å². The van der Waals surface area contributed by atoms with E-state index < -0.39 is 16.4 Å². The fourth-order valence-electron chi connectivity index (χ4n) is 1.90. The minimum atomic E-state index is -1.67. The second kappa shape index (κ2) is 8.82. The quantitative estimate of drug-likeness (QED) is 0.362. The van der Waals surface area contributed by atoms with Gasteiger partial charge in [0.1, 0.15) is 0 Å². The molecule has 1 atom stereocenters. The molecule has 21 heavy (non-hydrogen) atoms.